The monoisotopic (exact) mass is 309 g/mol. The highest BCUT2D eigenvalue weighted by Gasteiger charge is 2.12. The van der Waals surface area contributed by atoms with Gasteiger partial charge in [-0.15, -0.1) is 11.3 Å². The number of aryl methyl sites for hydroxylation is 1. The fourth-order valence-corrected chi connectivity index (χ4v) is 2.85. The molecule has 5 heteroatoms. The minimum Gasteiger partial charge on any atom is -0.298 e. The van der Waals surface area contributed by atoms with Crippen molar-refractivity contribution in [2.75, 3.05) is 5.32 Å². The van der Waals surface area contributed by atoms with E-state index < -0.39 is 0 Å². The standard InChI is InChI=1S/C17H15N3OS/c1-11-5-3-7-14(12(11)2)16(21)20-17-19-15(10-22-17)13-6-4-8-18-9-13/h3-10H,1-2H3,(H,19,20,21). The third kappa shape index (κ3) is 2.89. The molecule has 0 saturated carbocycles. The van der Waals surface area contributed by atoms with Crippen molar-refractivity contribution in [1.82, 2.24) is 9.97 Å². The van der Waals surface area contributed by atoms with Gasteiger partial charge in [-0.05, 0) is 43.2 Å². The number of nitrogens with one attached hydrogen (secondary N) is 1. The number of benzene rings is 1. The van der Waals surface area contributed by atoms with Crippen LogP contribution in [0.1, 0.15) is 21.5 Å². The Morgan fingerprint density at radius 3 is 2.82 bits per heavy atom. The molecule has 0 aliphatic heterocycles. The average molecular weight is 309 g/mol. The van der Waals surface area contributed by atoms with E-state index in [-0.39, 0.29) is 5.91 Å². The minimum atomic E-state index is -0.131. The van der Waals surface area contributed by atoms with E-state index in [1.807, 2.05) is 49.6 Å². The molecule has 110 valence electrons. The maximum Gasteiger partial charge on any atom is 0.257 e. The summed E-state index contributed by atoms with van der Waals surface area (Å²) in [6, 6.07) is 9.52. The number of carbonyl (C=O) groups excluding carboxylic acids is 1. The lowest BCUT2D eigenvalue weighted by Crippen LogP contribution is -2.13. The molecule has 0 unspecified atom stereocenters. The first-order valence-electron chi connectivity index (χ1n) is 6.88. The van der Waals surface area contributed by atoms with Crippen LogP contribution in [0.15, 0.2) is 48.1 Å². The Balaban J connectivity index is 1.81. The summed E-state index contributed by atoms with van der Waals surface area (Å²) in [5.74, 6) is -0.131. The third-order valence-electron chi connectivity index (χ3n) is 3.53. The second-order valence-electron chi connectivity index (χ2n) is 4.98. The largest absolute Gasteiger partial charge is 0.298 e. The van der Waals surface area contributed by atoms with Crippen molar-refractivity contribution in [2.24, 2.45) is 0 Å². The molecule has 1 aromatic carbocycles. The van der Waals surface area contributed by atoms with Crippen LogP contribution in [0.3, 0.4) is 0 Å². The molecule has 0 atom stereocenters. The normalized spacial score (nSPS) is 10.5. The maximum atomic E-state index is 12.4. The quantitative estimate of drug-likeness (QED) is 0.793. The smallest absolute Gasteiger partial charge is 0.257 e. The van der Waals surface area contributed by atoms with Crippen molar-refractivity contribution >= 4 is 22.4 Å². The number of hydrogen-bond donors (Lipinski definition) is 1. The number of nitrogens with zero attached hydrogens (tertiary/aromatic N) is 2. The topological polar surface area (TPSA) is 54.9 Å². The second-order valence-corrected chi connectivity index (χ2v) is 5.84. The molecule has 4 nitrogen and oxygen atoms in total. The van der Waals surface area contributed by atoms with Crippen LogP contribution in [-0.2, 0) is 0 Å². The van der Waals surface area contributed by atoms with E-state index in [0.717, 1.165) is 22.4 Å². The fourth-order valence-electron chi connectivity index (χ4n) is 2.14. The average Bonchev–Trinajstić information content (AvgIpc) is 2.99. The van der Waals surface area contributed by atoms with E-state index in [1.165, 1.54) is 11.3 Å². The van der Waals surface area contributed by atoms with Crippen LogP contribution >= 0.6 is 11.3 Å². The predicted molar refractivity (Wildman–Crippen MR) is 89.2 cm³/mol. The number of anilines is 1. The highest BCUT2D eigenvalue weighted by molar-refractivity contribution is 7.14. The molecule has 0 saturated heterocycles. The van der Waals surface area contributed by atoms with Gasteiger partial charge in [0.05, 0.1) is 5.69 Å². The van der Waals surface area contributed by atoms with Crippen molar-refractivity contribution in [3.63, 3.8) is 0 Å². The van der Waals surface area contributed by atoms with Crippen molar-refractivity contribution in [3.05, 3.63) is 64.8 Å². The predicted octanol–water partition coefficient (Wildman–Crippen LogP) is 4.07. The Kier molecular flexibility index (Phi) is 3.98. The van der Waals surface area contributed by atoms with Gasteiger partial charge in [0.15, 0.2) is 5.13 Å². The van der Waals surface area contributed by atoms with Crippen LogP contribution in [-0.4, -0.2) is 15.9 Å². The van der Waals surface area contributed by atoms with Crippen molar-refractivity contribution in [3.8, 4) is 11.3 Å². The number of carbonyl (C=O) groups is 1. The van der Waals surface area contributed by atoms with Crippen LogP contribution in [0, 0.1) is 13.8 Å². The Bertz CT molecular complexity index is 812. The molecule has 0 fully saturated rings. The molecule has 3 aromatic rings. The molecule has 22 heavy (non-hydrogen) atoms. The van der Waals surface area contributed by atoms with Gasteiger partial charge in [-0.2, -0.15) is 0 Å². The molecule has 1 N–H and O–H groups in total. The fraction of sp³-hybridized carbons (Fsp3) is 0.118. The van der Waals surface area contributed by atoms with E-state index in [4.69, 9.17) is 0 Å². The van der Waals surface area contributed by atoms with Gasteiger partial charge >= 0.3 is 0 Å². The number of hydrogen-bond acceptors (Lipinski definition) is 4. The van der Waals surface area contributed by atoms with Crippen LogP contribution < -0.4 is 5.32 Å². The van der Waals surface area contributed by atoms with Gasteiger partial charge in [0.1, 0.15) is 0 Å². The van der Waals surface area contributed by atoms with Gasteiger partial charge in [0, 0.05) is 28.9 Å². The Hall–Kier alpha value is -2.53. The number of pyridine rings is 1. The summed E-state index contributed by atoms with van der Waals surface area (Å²) in [6.45, 7) is 3.95. The summed E-state index contributed by atoms with van der Waals surface area (Å²) < 4.78 is 0. The first-order valence-corrected chi connectivity index (χ1v) is 7.76. The van der Waals surface area contributed by atoms with Crippen molar-refractivity contribution in [2.45, 2.75) is 13.8 Å². The molecule has 1 amide bonds. The Labute approximate surface area is 132 Å². The molecule has 0 bridgehead atoms. The highest BCUT2D eigenvalue weighted by Crippen LogP contribution is 2.25. The Morgan fingerprint density at radius 2 is 2.05 bits per heavy atom. The summed E-state index contributed by atoms with van der Waals surface area (Å²) in [6.07, 6.45) is 3.48. The van der Waals surface area contributed by atoms with E-state index in [1.54, 1.807) is 12.4 Å². The van der Waals surface area contributed by atoms with Crippen LogP contribution in [0.4, 0.5) is 5.13 Å². The summed E-state index contributed by atoms with van der Waals surface area (Å²) in [4.78, 5) is 20.9. The van der Waals surface area contributed by atoms with Crippen LogP contribution in [0.2, 0.25) is 0 Å². The van der Waals surface area contributed by atoms with E-state index in [2.05, 4.69) is 15.3 Å². The van der Waals surface area contributed by atoms with E-state index in [0.29, 0.717) is 10.7 Å². The maximum absolute atomic E-state index is 12.4. The van der Waals surface area contributed by atoms with Crippen LogP contribution in [0.5, 0.6) is 0 Å². The Morgan fingerprint density at radius 1 is 1.18 bits per heavy atom. The van der Waals surface area contributed by atoms with Gasteiger partial charge in [-0.1, -0.05) is 12.1 Å². The highest BCUT2D eigenvalue weighted by atomic mass is 32.1. The summed E-state index contributed by atoms with van der Waals surface area (Å²) in [7, 11) is 0. The molecule has 0 radical (unpaired) electrons. The third-order valence-corrected chi connectivity index (χ3v) is 4.29. The number of aromatic nitrogens is 2. The van der Waals surface area contributed by atoms with Gasteiger partial charge in [0.2, 0.25) is 0 Å². The van der Waals surface area contributed by atoms with Crippen molar-refractivity contribution < 1.29 is 4.79 Å². The first kappa shape index (κ1) is 14.4. The number of thiazole rings is 1. The molecular weight excluding hydrogens is 294 g/mol. The molecule has 0 spiro atoms. The lowest BCUT2D eigenvalue weighted by atomic mass is 10.0. The summed E-state index contributed by atoms with van der Waals surface area (Å²) >= 11 is 1.41. The second kappa shape index (κ2) is 6.07. The minimum absolute atomic E-state index is 0.131. The van der Waals surface area contributed by atoms with Gasteiger partial charge in [0.25, 0.3) is 5.91 Å². The SMILES string of the molecule is Cc1cccc(C(=O)Nc2nc(-c3cccnc3)cs2)c1C. The van der Waals surface area contributed by atoms with Crippen molar-refractivity contribution in [1.29, 1.82) is 0 Å². The molecule has 0 aliphatic rings. The van der Waals surface area contributed by atoms with E-state index in [9.17, 15) is 4.79 Å². The van der Waals surface area contributed by atoms with Crippen LogP contribution in [0.25, 0.3) is 11.3 Å². The first-order chi connectivity index (χ1) is 10.6. The van der Waals surface area contributed by atoms with Gasteiger partial charge in [-0.3, -0.25) is 15.1 Å². The molecule has 2 aromatic heterocycles. The van der Waals surface area contributed by atoms with Gasteiger partial charge < -0.3 is 0 Å². The van der Waals surface area contributed by atoms with E-state index >= 15 is 0 Å². The summed E-state index contributed by atoms with van der Waals surface area (Å²) in [5.41, 5.74) is 4.52. The lowest BCUT2D eigenvalue weighted by molar-refractivity contribution is 0.102. The van der Waals surface area contributed by atoms with Gasteiger partial charge in [-0.25, -0.2) is 4.98 Å². The molecule has 3 rings (SSSR count). The number of amides is 1. The number of rotatable bonds is 3. The molecule has 0 aliphatic carbocycles. The molecular formula is C17H15N3OS. The zero-order chi connectivity index (χ0) is 15.5. The zero-order valence-corrected chi connectivity index (χ0v) is 13.1. The summed E-state index contributed by atoms with van der Waals surface area (Å²) in [5, 5.41) is 5.36. The lowest BCUT2D eigenvalue weighted by Gasteiger charge is -2.07. The molecule has 2 heterocycles. The zero-order valence-electron chi connectivity index (χ0n) is 12.3.